The summed E-state index contributed by atoms with van der Waals surface area (Å²) in [6.45, 7) is 10.5. The molecule has 3 N–H and O–H groups in total. The van der Waals surface area contributed by atoms with Gasteiger partial charge in [0.15, 0.2) is 0 Å². The zero-order valence-corrected chi connectivity index (χ0v) is 5.28. The fourth-order valence-corrected chi connectivity index (χ4v) is 0. The highest BCUT2D eigenvalue weighted by molar-refractivity contribution is 4.51. The van der Waals surface area contributed by atoms with Crippen LogP contribution < -0.4 is 6.15 Å². The molecule has 1 nitrogen and oxygen atoms in total. The van der Waals surface area contributed by atoms with E-state index in [-0.39, 0.29) is 6.15 Å². The second kappa shape index (κ2) is 51.7. The molecule has 0 atom stereocenters. The molecule has 44 valence electrons. The van der Waals surface area contributed by atoms with Gasteiger partial charge in [-0.1, -0.05) is 12.2 Å². The lowest BCUT2D eigenvalue weighted by Crippen LogP contribution is -1.07. The van der Waals surface area contributed by atoms with Crippen molar-refractivity contribution in [2.45, 2.75) is 13.8 Å². The van der Waals surface area contributed by atoms with Gasteiger partial charge in [0.1, 0.15) is 0 Å². The van der Waals surface area contributed by atoms with Crippen LogP contribution in [0.2, 0.25) is 0 Å². The first-order valence-electron chi connectivity index (χ1n) is 1.97. The summed E-state index contributed by atoms with van der Waals surface area (Å²) in [5.41, 5.74) is 0. The maximum Gasteiger partial charge on any atom is -0.0473 e. The summed E-state index contributed by atoms with van der Waals surface area (Å²) in [6.07, 6.45) is 3.50. The number of hydrogen-bond acceptors (Lipinski definition) is 1. The van der Waals surface area contributed by atoms with E-state index in [2.05, 4.69) is 13.2 Å². The average Bonchev–Trinajstić information content (AvgIpc) is 1.39. The summed E-state index contributed by atoms with van der Waals surface area (Å²) >= 11 is 0. The molecule has 0 spiro atoms. The lowest BCUT2D eigenvalue weighted by Gasteiger charge is -1.31. The number of rotatable bonds is 0. The fraction of sp³-hybridized carbons (Fsp3) is 0.333. The molecule has 1 heteroatoms. The van der Waals surface area contributed by atoms with Gasteiger partial charge in [-0.25, -0.2) is 0 Å². The van der Waals surface area contributed by atoms with Crippen LogP contribution in [0, 0.1) is 0 Å². The van der Waals surface area contributed by atoms with Gasteiger partial charge >= 0.3 is 0 Å². The molecule has 0 aromatic rings. The Balaban J connectivity index is -0.0000000400. The van der Waals surface area contributed by atoms with E-state index < -0.39 is 0 Å². The maximum absolute atomic E-state index is 3.36. The van der Waals surface area contributed by atoms with E-state index in [0.717, 1.165) is 0 Å². The molecule has 0 aliphatic carbocycles. The highest BCUT2D eigenvalue weighted by Crippen LogP contribution is 1.38. The zero-order chi connectivity index (χ0) is 5.41. The van der Waals surface area contributed by atoms with Gasteiger partial charge in [0.05, 0.1) is 0 Å². The van der Waals surface area contributed by atoms with Gasteiger partial charge in [0.25, 0.3) is 0 Å². The Morgan fingerprint density at radius 1 is 1.00 bits per heavy atom. The second-order valence-electron chi connectivity index (χ2n) is 0.816. The summed E-state index contributed by atoms with van der Waals surface area (Å²) in [4.78, 5) is 0. The molecule has 0 amide bonds. The summed E-state index contributed by atoms with van der Waals surface area (Å²) in [5.74, 6) is 0. The normalized spacial score (nSPS) is 3.71. The van der Waals surface area contributed by atoms with Crippen molar-refractivity contribution in [3.05, 3.63) is 25.3 Å². The molecule has 0 saturated carbocycles. The Morgan fingerprint density at radius 2 is 1.00 bits per heavy atom. The van der Waals surface area contributed by atoms with Gasteiger partial charge in [-0.05, 0) is 13.8 Å². The summed E-state index contributed by atoms with van der Waals surface area (Å²) < 4.78 is 0. The van der Waals surface area contributed by atoms with Crippen molar-refractivity contribution in [3.8, 4) is 0 Å². The van der Waals surface area contributed by atoms with E-state index in [1.165, 1.54) is 0 Å². The first kappa shape index (κ1) is 16.1. The SMILES string of the molecule is C=CC.C=CC.N. The Morgan fingerprint density at radius 3 is 1.00 bits per heavy atom. The fourth-order valence-electron chi connectivity index (χ4n) is 0. The first-order valence-corrected chi connectivity index (χ1v) is 1.97. The van der Waals surface area contributed by atoms with Crippen LogP contribution in [0.15, 0.2) is 25.3 Å². The van der Waals surface area contributed by atoms with Crippen molar-refractivity contribution in [3.63, 3.8) is 0 Å². The molecule has 0 saturated heterocycles. The monoisotopic (exact) mass is 101 g/mol. The maximum atomic E-state index is 3.36. The Kier molecular flexibility index (Phi) is 119. The lowest BCUT2D eigenvalue weighted by atomic mass is 10.8. The van der Waals surface area contributed by atoms with Crippen LogP contribution in [0.5, 0.6) is 0 Å². The molecule has 0 aromatic heterocycles. The van der Waals surface area contributed by atoms with E-state index in [9.17, 15) is 0 Å². The summed E-state index contributed by atoms with van der Waals surface area (Å²) in [5, 5.41) is 0. The third kappa shape index (κ3) is 205. The second-order valence-corrected chi connectivity index (χ2v) is 0.816. The van der Waals surface area contributed by atoms with Crippen LogP contribution in [-0.2, 0) is 0 Å². The van der Waals surface area contributed by atoms with E-state index in [1.807, 2.05) is 13.8 Å². The molecule has 0 aliphatic heterocycles. The van der Waals surface area contributed by atoms with E-state index in [4.69, 9.17) is 0 Å². The van der Waals surface area contributed by atoms with Crippen LogP contribution in [0.3, 0.4) is 0 Å². The van der Waals surface area contributed by atoms with Gasteiger partial charge in [-0.2, -0.15) is 0 Å². The van der Waals surface area contributed by atoms with Gasteiger partial charge in [0, 0.05) is 0 Å². The van der Waals surface area contributed by atoms with Crippen molar-refractivity contribution in [2.75, 3.05) is 0 Å². The van der Waals surface area contributed by atoms with Crippen LogP contribution in [0.4, 0.5) is 0 Å². The van der Waals surface area contributed by atoms with Crippen LogP contribution >= 0.6 is 0 Å². The Hall–Kier alpha value is -0.560. The predicted molar refractivity (Wildman–Crippen MR) is 36.8 cm³/mol. The average molecular weight is 101 g/mol. The van der Waals surface area contributed by atoms with Crippen LogP contribution in [0.1, 0.15) is 13.8 Å². The summed E-state index contributed by atoms with van der Waals surface area (Å²) in [6, 6.07) is 0. The molecule has 0 fully saturated rings. The standard InChI is InChI=1S/2C3H6.H3N/c2*1-3-2;/h2*3H,1H2,2H3;1H3. The van der Waals surface area contributed by atoms with E-state index in [1.54, 1.807) is 12.2 Å². The van der Waals surface area contributed by atoms with E-state index >= 15 is 0 Å². The molecule has 0 aromatic carbocycles. The quantitative estimate of drug-likeness (QED) is 0.467. The van der Waals surface area contributed by atoms with Crippen molar-refractivity contribution in [1.29, 1.82) is 0 Å². The highest BCUT2D eigenvalue weighted by atomic mass is 14.0. The minimum atomic E-state index is 0. The molecule has 0 radical (unpaired) electrons. The van der Waals surface area contributed by atoms with Crippen LogP contribution in [-0.4, -0.2) is 0 Å². The van der Waals surface area contributed by atoms with Crippen molar-refractivity contribution in [1.82, 2.24) is 6.15 Å². The van der Waals surface area contributed by atoms with Crippen molar-refractivity contribution < 1.29 is 0 Å². The smallest absolute Gasteiger partial charge is 0.0473 e. The number of hydrogen-bond donors (Lipinski definition) is 1. The number of allylic oxidation sites excluding steroid dienone is 2. The third-order valence-corrected chi connectivity index (χ3v) is 0. The molecule has 0 heterocycles. The zero-order valence-electron chi connectivity index (χ0n) is 5.28. The van der Waals surface area contributed by atoms with Gasteiger partial charge < -0.3 is 6.15 Å². The molecule has 0 rings (SSSR count). The van der Waals surface area contributed by atoms with Crippen LogP contribution in [0.25, 0.3) is 0 Å². The topological polar surface area (TPSA) is 35.0 Å². The molecular formula is C6H15N. The van der Waals surface area contributed by atoms with Crippen molar-refractivity contribution >= 4 is 0 Å². The highest BCUT2D eigenvalue weighted by Gasteiger charge is 1.15. The largest absolute Gasteiger partial charge is 0.344 e. The Bertz CT molecular complexity index is 25.2. The van der Waals surface area contributed by atoms with Gasteiger partial charge in [0.2, 0.25) is 0 Å². The summed E-state index contributed by atoms with van der Waals surface area (Å²) in [7, 11) is 0. The molecular weight excluding hydrogens is 86.1 g/mol. The minimum absolute atomic E-state index is 0. The molecule has 0 aliphatic rings. The molecule has 0 unspecified atom stereocenters. The third-order valence-electron chi connectivity index (χ3n) is 0. The Labute approximate surface area is 46.3 Å². The van der Waals surface area contributed by atoms with Crippen molar-refractivity contribution in [2.24, 2.45) is 0 Å². The minimum Gasteiger partial charge on any atom is -0.344 e. The van der Waals surface area contributed by atoms with Gasteiger partial charge in [-0.3, -0.25) is 0 Å². The molecule has 7 heavy (non-hydrogen) atoms. The molecule has 0 bridgehead atoms. The first-order chi connectivity index (χ1) is 2.83. The lowest BCUT2D eigenvalue weighted by molar-refractivity contribution is 1.80. The van der Waals surface area contributed by atoms with Gasteiger partial charge in [-0.15, -0.1) is 13.2 Å². The predicted octanol–water partition coefficient (Wildman–Crippen LogP) is 2.55. The van der Waals surface area contributed by atoms with E-state index in [0.29, 0.717) is 0 Å².